The van der Waals surface area contributed by atoms with Crippen molar-refractivity contribution in [1.82, 2.24) is 14.0 Å². The lowest BCUT2D eigenvalue weighted by Gasteiger charge is -2.28. The Bertz CT molecular complexity index is 1470. The Morgan fingerprint density at radius 1 is 1.24 bits per heavy atom. The van der Waals surface area contributed by atoms with Gasteiger partial charge in [0.05, 0.1) is 39.5 Å². The Morgan fingerprint density at radius 2 is 1.94 bits per heavy atom. The minimum Gasteiger partial charge on any atom is -0.493 e. The number of nitrogens with zero attached hydrogens (tertiary/aromatic N) is 4. The van der Waals surface area contributed by atoms with Gasteiger partial charge >= 0.3 is 11.9 Å². The van der Waals surface area contributed by atoms with Crippen molar-refractivity contribution in [3.63, 3.8) is 0 Å². The van der Waals surface area contributed by atoms with Crippen LogP contribution in [0.1, 0.15) is 51.2 Å². The van der Waals surface area contributed by atoms with Gasteiger partial charge in [-0.25, -0.2) is 9.36 Å². The Balaban J connectivity index is 1.59. The fourth-order valence-corrected chi connectivity index (χ4v) is 5.16. The molecular formula is C23H16ClF3N4O3. The predicted octanol–water partition coefficient (Wildman–Crippen LogP) is 4.34. The smallest absolute Gasteiger partial charge is 0.417 e. The highest BCUT2D eigenvalue weighted by atomic mass is 35.5. The fraction of sp³-hybridized carbons (Fsp3) is 0.261. The summed E-state index contributed by atoms with van der Waals surface area (Å²) in [6.45, 7) is 1.64. The van der Waals surface area contributed by atoms with Crippen LogP contribution in [0.15, 0.2) is 41.2 Å². The standard InChI is InChI=1S/C23H16ClF3N4O3/c1-11-16(7-6-12(9-28)18(11)24)31-21(33)19-17-8-13(30(19)22(31)34)10-29(17)20(32)14-4-2-3-5-15(14)23(25,26)27/h2-7,13,17,33H,8,10H2,1H3/t13-,17-/m0/s1. The Kier molecular flexibility index (Phi) is 4.81. The largest absolute Gasteiger partial charge is 0.493 e. The highest BCUT2D eigenvalue weighted by molar-refractivity contribution is 6.32. The number of rotatable bonds is 2. The van der Waals surface area contributed by atoms with Crippen LogP contribution in [0.2, 0.25) is 5.02 Å². The summed E-state index contributed by atoms with van der Waals surface area (Å²) in [5.41, 5.74) is -1.02. The van der Waals surface area contributed by atoms with Crippen molar-refractivity contribution >= 4 is 17.5 Å². The van der Waals surface area contributed by atoms with Gasteiger partial charge in [0.25, 0.3) is 5.91 Å². The van der Waals surface area contributed by atoms with Gasteiger partial charge in [0.15, 0.2) is 0 Å². The van der Waals surface area contributed by atoms with E-state index in [4.69, 9.17) is 16.9 Å². The number of halogens is 4. The molecule has 2 atom stereocenters. The van der Waals surface area contributed by atoms with E-state index in [1.165, 1.54) is 33.7 Å². The van der Waals surface area contributed by atoms with Gasteiger partial charge in [-0.3, -0.25) is 9.36 Å². The zero-order chi connectivity index (χ0) is 24.5. The summed E-state index contributed by atoms with van der Waals surface area (Å²) in [7, 11) is 0. The monoisotopic (exact) mass is 488 g/mol. The third kappa shape index (κ3) is 2.97. The molecule has 2 bridgehead atoms. The summed E-state index contributed by atoms with van der Waals surface area (Å²) < 4.78 is 42.8. The normalized spacial score (nSPS) is 18.8. The second kappa shape index (κ2) is 7.40. The maximum atomic E-state index is 13.5. The van der Waals surface area contributed by atoms with Crippen LogP contribution >= 0.6 is 11.6 Å². The van der Waals surface area contributed by atoms with Crippen LogP contribution in [0.5, 0.6) is 5.88 Å². The van der Waals surface area contributed by atoms with E-state index in [0.29, 0.717) is 12.0 Å². The molecule has 3 aromatic rings. The average molecular weight is 489 g/mol. The molecule has 11 heteroatoms. The number of carbonyl (C=O) groups is 1. The topological polar surface area (TPSA) is 91.3 Å². The number of hydrogen-bond acceptors (Lipinski definition) is 4. The van der Waals surface area contributed by atoms with E-state index in [-0.39, 0.29) is 28.5 Å². The Morgan fingerprint density at radius 3 is 2.62 bits per heavy atom. The van der Waals surface area contributed by atoms with Gasteiger partial charge in [0, 0.05) is 6.54 Å². The number of aromatic hydroxyl groups is 1. The van der Waals surface area contributed by atoms with E-state index in [9.17, 15) is 27.9 Å². The zero-order valence-corrected chi connectivity index (χ0v) is 18.4. The number of aromatic nitrogens is 2. The second-order valence-electron chi connectivity index (χ2n) is 8.29. The summed E-state index contributed by atoms with van der Waals surface area (Å²) >= 11 is 6.23. The van der Waals surface area contributed by atoms with Crippen molar-refractivity contribution in [3.05, 3.63) is 79.9 Å². The van der Waals surface area contributed by atoms with Crippen molar-refractivity contribution in [2.45, 2.75) is 31.6 Å². The zero-order valence-electron chi connectivity index (χ0n) is 17.6. The molecule has 3 heterocycles. The summed E-state index contributed by atoms with van der Waals surface area (Å²) in [6, 6.07) is 8.15. The lowest BCUT2D eigenvalue weighted by atomic mass is 10.0. The number of amides is 1. The minimum absolute atomic E-state index is 0.0408. The molecule has 34 heavy (non-hydrogen) atoms. The minimum atomic E-state index is -4.70. The van der Waals surface area contributed by atoms with E-state index < -0.39 is 46.9 Å². The number of fused-ring (bicyclic) bond motifs is 5. The van der Waals surface area contributed by atoms with Crippen LogP contribution in [0.25, 0.3) is 5.69 Å². The molecule has 1 saturated heterocycles. The molecule has 0 radical (unpaired) electrons. The highest BCUT2D eigenvalue weighted by Gasteiger charge is 2.50. The fourth-order valence-electron chi connectivity index (χ4n) is 4.96. The van der Waals surface area contributed by atoms with Crippen molar-refractivity contribution in [1.29, 1.82) is 5.26 Å². The number of imidazole rings is 1. The molecule has 1 amide bonds. The first-order valence-electron chi connectivity index (χ1n) is 10.3. The van der Waals surface area contributed by atoms with E-state index in [0.717, 1.165) is 16.7 Å². The molecular weight excluding hydrogens is 473 g/mol. The molecule has 0 saturated carbocycles. The SMILES string of the molecule is Cc1c(-n2c(O)c3n(c2=O)[C@H]2C[C@@H]3N(C(=O)c3ccccc3C(F)(F)F)C2)ccc(C#N)c1Cl. The van der Waals surface area contributed by atoms with Gasteiger partial charge in [0.1, 0.15) is 11.8 Å². The molecule has 1 fully saturated rings. The van der Waals surface area contributed by atoms with Crippen LogP contribution < -0.4 is 5.69 Å². The molecule has 1 N–H and O–H groups in total. The number of benzene rings is 2. The number of hydrogen-bond donors (Lipinski definition) is 1. The predicted molar refractivity (Wildman–Crippen MR) is 115 cm³/mol. The molecule has 2 aliphatic rings. The number of alkyl halides is 3. The van der Waals surface area contributed by atoms with Crippen molar-refractivity contribution in [2.24, 2.45) is 0 Å². The second-order valence-corrected chi connectivity index (χ2v) is 8.66. The van der Waals surface area contributed by atoms with Crippen LogP contribution in [-0.4, -0.2) is 31.6 Å². The van der Waals surface area contributed by atoms with Crippen molar-refractivity contribution in [3.8, 4) is 17.6 Å². The van der Waals surface area contributed by atoms with Gasteiger partial charge in [-0.2, -0.15) is 18.4 Å². The summed E-state index contributed by atoms with van der Waals surface area (Å²) in [4.78, 5) is 27.7. The van der Waals surface area contributed by atoms with Gasteiger partial charge in [0.2, 0.25) is 5.88 Å². The summed E-state index contributed by atoms with van der Waals surface area (Å²) in [5, 5.41) is 20.3. The maximum Gasteiger partial charge on any atom is 0.417 e. The number of likely N-dealkylation sites (tertiary alicyclic amines) is 1. The van der Waals surface area contributed by atoms with Crippen LogP contribution in [0, 0.1) is 18.3 Å². The summed E-state index contributed by atoms with van der Waals surface area (Å²) in [5.74, 6) is -1.23. The van der Waals surface area contributed by atoms with Gasteiger partial charge in [-0.1, -0.05) is 23.7 Å². The van der Waals surface area contributed by atoms with Crippen molar-refractivity contribution < 1.29 is 23.1 Å². The number of carbonyl (C=O) groups excluding carboxylic acids is 1. The lowest BCUT2D eigenvalue weighted by Crippen LogP contribution is -2.38. The molecule has 0 spiro atoms. The van der Waals surface area contributed by atoms with E-state index >= 15 is 0 Å². The molecule has 0 unspecified atom stereocenters. The maximum absolute atomic E-state index is 13.5. The molecule has 0 aliphatic carbocycles. The van der Waals surface area contributed by atoms with Gasteiger partial charge in [-0.15, -0.1) is 0 Å². The first-order chi connectivity index (χ1) is 16.1. The first kappa shape index (κ1) is 22.1. The van der Waals surface area contributed by atoms with Crippen LogP contribution in [0.3, 0.4) is 0 Å². The van der Waals surface area contributed by atoms with E-state index in [1.807, 2.05) is 6.07 Å². The summed E-state index contributed by atoms with van der Waals surface area (Å²) in [6.07, 6.45) is -4.39. The van der Waals surface area contributed by atoms with Crippen LogP contribution in [-0.2, 0) is 6.18 Å². The molecule has 5 rings (SSSR count). The highest BCUT2D eigenvalue weighted by Crippen LogP contribution is 2.49. The van der Waals surface area contributed by atoms with Crippen LogP contribution in [0.4, 0.5) is 13.2 Å². The molecule has 2 aromatic carbocycles. The van der Waals surface area contributed by atoms with E-state index in [2.05, 4.69) is 0 Å². The molecule has 7 nitrogen and oxygen atoms in total. The van der Waals surface area contributed by atoms with Crippen molar-refractivity contribution in [2.75, 3.05) is 6.54 Å². The molecule has 1 aromatic heterocycles. The first-order valence-corrected chi connectivity index (χ1v) is 10.7. The molecule has 2 aliphatic heterocycles. The number of nitriles is 1. The van der Waals surface area contributed by atoms with Gasteiger partial charge in [-0.05, 0) is 43.2 Å². The molecule has 174 valence electrons. The Labute approximate surface area is 195 Å². The average Bonchev–Trinajstić information content (AvgIpc) is 3.46. The van der Waals surface area contributed by atoms with Gasteiger partial charge < -0.3 is 10.0 Å². The Hall–Kier alpha value is -3.71. The quantitative estimate of drug-likeness (QED) is 0.581. The lowest BCUT2D eigenvalue weighted by molar-refractivity contribution is -0.138. The van der Waals surface area contributed by atoms with E-state index in [1.54, 1.807) is 6.92 Å². The third-order valence-corrected chi connectivity index (χ3v) is 6.99. The third-order valence-electron chi connectivity index (χ3n) is 6.50.